The zero-order valence-corrected chi connectivity index (χ0v) is 19.1. The minimum absolute atomic E-state index is 0.211. The molecule has 3 aromatic rings. The molecule has 0 saturated carbocycles. The van der Waals surface area contributed by atoms with Gasteiger partial charge in [0.05, 0.1) is 38.9 Å². The van der Waals surface area contributed by atoms with Gasteiger partial charge in [0.15, 0.2) is 22.4 Å². The number of methoxy groups -OCH3 is 3. The van der Waals surface area contributed by atoms with Gasteiger partial charge in [-0.2, -0.15) is 0 Å². The highest BCUT2D eigenvalue weighted by molar-refractivity contribution is 8.00. The summed E-state index contributed by atoms with van der Waals surface area (Å²) >= 11 is 3.06. The predicted molar refractivity (Wildman–Crippen MR) is 119 cm³/mol. The van der Waals surface area contributed by atoms with E-state index in [0.717, 1.165) is 15.0 Å². The number of carbonyl (C=O) groups is 1. The maximum atomic E-state index is 12.4. The van der Waals surface area contributed by atoms with Crippen molar-refractivity contribution in [3.63, 3.8) is 0 Å². The molecule has 0 radical (unpaired) electrons. The van der Waals surface area contributed by atoms with E-state index in [9.17, 15) is 4.79 Å². The van der Waals surface area contributed by atoms with Crippen molar-refractivity contribution in [2.45, 2.75) is 17.0 Å². The average molecular weight is 463 g/mol. The summed E-state index contributed by atoms with van der Waals surface area (Å²) in [5.74, 6) is 2.22. The van der Waals surface area contributed by atoms with E-state index in [-0.39, 0.29) is 12.5 Å². The lowest BCUT2D eigenvalue weighted by Gasteiger charge is -2.13. The number of anilines is 1. The second kappa shape index (κ2) is 10.8. The molecule has 0 aliphatic rings. The van der Waals surface area contributed by atoms with Crippen LogP contribution in [0, 0.1) is 6.92 Å². The van der Waals surface area contributed by atoms with Crippen LogP contribution in [0.25, 0.3) is 0 Å². The van der Waals surface area contributed by atoms with Crippen molar-refractivity contribution in [3.8, 4) is 23.0 Å². The van der Waals surface area contributed by atoms with Crippen LogP contribution in [0.3, 0.4) is 0 Å². The lowest BCUT2D eigenvalue weighted by atomic mass is 10.2. The van der Waals surface area contributed by atoms with Gasteiger partial charge in [-0.25, -0.2) is 0 Å². The molecule has 0 atom stereocenters. The smallest absolute Gasteiger partial charge is 0.262 e. The number of benzene rings is 1. The maximum Gasteiger partial charge on any atom is 0.262 e. The fraction of sp³-hybridized carbons (Fsp3) is 0.300. The summed E-state index contributed by atoms with van der Waals surface area (Å²) in [5.41, 5.74) is 1.29. The van der Waals surface area contributed by atoms with Crippen LogP contribution in [0.1, 0.15) is 10.7 Å². The zero-order chi connectivity index (χ0) is 22.2. The molecular formula is C20H22N4O5S2. The third-order valence-corrected chi connectivity index (χ3v) is 6.01. The van der Waals surface area contributed by atoms with E-state index < -0.39 is 0 Å². The second-order valence-corrected chi connectivity index (χ2v) is 8.51. The SMILES string of the molecule is COc1ccc(NC(=O)COc2cc(CSc3nnc(C)s3)ncc2OC)c(OC)c1. The van der Waals surface area contributed by atoms with Crippen molar-refractivity contribution in [3.05, 3.63) is 41.2 Å². The average Bonchev–Trinajstić information content (AvgIpc) is 3.21. The Balaban J connectivity index is 1.62. The van der Waals surface area contributed by atoms with Gasteiger partial charge in [0.25, 0.3) is 5.91 Å². The first-order valence-electron chi connectivity index (χ1n) is 9.13. The highest BCUT2D eigenvalue weighted by Gasteiger charge is 2.13. The fourth-order valence-corrected chi connectivity index (χ4v) is 4.23. The van der Waals surface area contributed by atoms with E-state index in [4.69, 9.17) is 18.9 Å². The number of pyridine rings is 1. The van der Waals surface area contributed by atoms with E-state index >= 15 is 0 Å². The van der Waals surface area contributed by atoms with Gasteiger partial charge in [0.2, 0.25) is 0 Å². The van der Waals surface area contributed by atoms with Crippen molar-refractivity contribution in [2.24, 2.45) is 0 Å². The van der Waals surface area contributed by atoms with E-state index in [2.05, 4.69) is 20.5 Å². The van der Waals surface area contributed by atoms with Crippen LogP contribution in [-0.4, -0.2) is 49.0 Å². The summed E-state index contributed by atoms with van der Waals surface area (Å²) in [4.78, 5) is 16.8. The van der Waals surface area contributed by atoms with Gasteiger partial charge in [-0.1, -0.05) is 23.1 Å². The van der Waals surface area contributed by atoms with Gasteiger partial charge >= 0.3 is 0 Å². The lowest BCUT2D eigenvalue weighted by Crippen LogP contribution is -2.20. The van der Waals surface area contributed by atoms with Crippen LogP contribution in [0.15, 0.2) is 34.8 Å². The highest BCUT2D eigenvalue weighted by Crippen LogP contribution is 2.31. The molecule has 11 heteroatoms. The minimum Gasteiger partial charge on any atom is -0.497 e. The van der Waals surface area contributed by atoms with Gasteiger partial charge in [-0.3, -0.25) is 9.78 Å². The highest BCUT2D eigenvalue weighted by atomic mass is 32.2. The number of hydrogen-bond donors (Lipinski definition) is 1. The molecule has 0 aliphatic carbocycles. The number of thioether (sulfide) groups is 1. The Morgan fingerprint density at radius 2 is 1.87 bits per heavy atom. The quantitative estimate of drug-likeness (QED) is 0.453. The van der Waals surface area contributed by atoms with Gasteiger partial charge in [-0.05, 0) is 19.1 Å². The van der Waals surface area contributed by atoms with E-state index in [1.807, 2.05) is 6.92 Å². The molecule has 31 heavy (non-hydrogen) atoms. The summed E-state index contributed by atoms with van der Waals surface area (Å²) in [7, 11) is 4.60. The summed E-state index contributed by atoms with van der Waals surface area (Å²) in [6, 6.07) is 6.87. The predicted octanol–water partition coefficient (Wildman–Crippen LogP) is 3.58. The molecule has 1 aromatic carbocycles. The molecule has 164 valence electrons. The first kappa shape index (κ1) is 22.6. The van der Waals surface area contributed by atoms with Crippen molar-refractivity contribution >= 4 is 34.7 Å². The molecule has 1 amide bonds. The number of rotatable bonds is 10. The Morgan fingerprint density at radius 3 is 2.55 bits per heavy atom. The van der Waals surface area contributed by atoms with E-state index in [0.29, 0.717) is 34.4 Å². The van der Waals surface area contributed by atoms with E-state index in [1.54, 1.807) is 37.6 Å². The standard InChI is InChI=1S/C20H22N4O5S2/c1-12-23-24-20(31-12)30-11-13-7-17(18(28-4)9-21-13)29-10-19(25)22-15-6-5-14(26-2)8-16(15)27-3/h5-9H,10-11H2,1-4H3,(H,22,25). The largest absolute Gasteiger partial charge is 0.497 e. The molecule has 0 unspecified atom stereocenters. The van der Waals surface area contributed by atoms with Crippen LogP contribution >= 0.6 is 23.1 Å². The molecule has 0 aliphatic heterocycles. The van der Waals surface area contributed by atoms with Gasteiger partial charge in [0.1, 0.15) is 16.5 Å². The van der Waals surface area contributed by atoms with Crippen LogP contribution < -0.4 is 24.3 Å². The molecule has 2 aromatic heterocycles. The Hall–Kier alpha value is -3.05. The van der Waals surface area contributed by atoms with Crippen molar-refractivity contribution in [1.29, 1.82) is 0 Å². The monoisotopic (exact) mass is 462 g/mol. The number of ether oxygens (including phenoxy) is 4. The molecule has 9 nitrogen and oxygen atoms in total. The van der Waals surface area contributed by atoms with Crippen molar-refractivity contribution in [2.75, 3.05) is 33.3 Å². The van der Waals surface area contributed by atoms with Crippen LogP contribution in [0.2, 0.25) is 0 Å². The van der Waals surface area contributed by atoms with Crippen molar-refractivity contribution < 1.29 is 23.7 Å². The van der Waals surface area contributed by atoms with Crippen LogP contribution in [0.4, 0.5) is 5.69 Å². The first-order valence-corrected chi connectivity index (χ1v) is 10.9. The zero-order valence-electron chi connectivity index (χ0n) is 17.5. The number of carbonyl (C=O) groups excluding carboxylic acids is 1. The summed E-state index contributed by atoms with van der Waals surface area (Å²) < 4.78 is 22.3. The van der Waals surface area contributed by atoms with Gasteiger partial charge < -0.3 is 24.3 Å². The Labute approximate surface area is 188 Å². The number of hydrogen-bond acceptors (Lipinski definition) is 10. The van der Waals surface area contributed by atoms with Crippen LogP contribution in [0.5, 0.6) is 23.0 Å². The topological polar surface area (TPSA) is 105 Å². The third kappa shape index (κ3) is 6.22. The van der Waals surface area contributed by atoms with E-state index in [1.165, 1.54) is 37.3 Å². The lowest BCUT2D eigenvalue weighted by molar-refractivity contribution is -0.118. The number of amides is 1. The molecule has 0 saturated heterocycles. The first-order chi connectivity index (χ1) is 15.0. The Kier molecular flexibility index (Phi) is 7.90. The Morgan fingerprint density at radius 1 is 1.06 bits per heavy atom. The molecule has 2 heterocycles. The maximum absolute atomic E-state index is 12.4. The molecule has 1 N–H and O–H groups in total. The fourth-order valence-electron chi connectivity index (χ4n) is 2.51. The summed E-state index contributed by atoms with van der Waals surface area (Å²) in [6.07, 6.45) is 1.57. The minimum atomic E-state index is -0.345. The molecule has 3 rings (SSSR count). The molecule has 0 fully saturated rings. The second-order valence-electron chi connectivity index (χ2n) is 6.11. The number of nitrogens with one attached hydrogen (secondary N) is 1. The van der Waals surface area contributed by atoms with Gasteiger partial charge in [0, 0.05) is 17.9 Å². The Bertz CT molecular complexity index is 1040. The number of aryl methyl sites for hydroxylation is 1. The van der Waals surface area contributed by atoms with Gasteiger partial charge in [-0.15, -0.1) is 10.2 Å². The molecule has 0 spiro atoms. The summed E-state index contributed by atoms with van der Waals surface area (Å²) in [5, 5.41) is 11.8. The van der Waals surface area contributed by atoms with Crippen molar-refractivity contribution in [1.82, 2.24) is 15.2 Å². The number of nitrogens with zero attached hydrogens (tertiary/aromatic N) is 3. The third-order valence-electron chi connectivity index (χ3n) is 4.00. The normalized spacial score (nSPS) is 10.5. The number of aromatic nitrogens is 3. The molecular weight excluding hydrogens is 440 g/mol. The van der Waals surface area contributed by atoms with Crippen LogP contribution in [-0.2, 0) is 10.5 Å². The molecule has 0 bridgehead atoms. The summed E-state index contributed by atoms with van der Waals surface area (Å²) in [6.45, 7) is 1.70.